The van der Waals surface area contributed by atoms with E-state index in [9.17, 15) is 0 Å². The highest BCUT2D eigenvalue weighted by Gasteiger charge is 2.21. The zero-order valence-corrected chi connectivity index (χ0v) is 23.3. The molecule has 186 valence electrons. The number of nitrogens with zero attached hydrogens (tertiary/aromatic N) is 5. The lowest BCUT2D eigenvalue weighted by molar-refractivity contribution is 0.104. The van der Waals surface area contributed by atoms with Crippen LogP contribution in [0.5, 0.6) is 0 Å². The lowest BCUT2D eigenvalue weighted by Crippen LogP contribution is -2.48. The van der Waals surface area contributed by atoms with E-state index in [1.165, 1.54) is 69.0 Å². The summed E-state index contributed by atoms with van der Waals surface area (Å²) in [5, 5.41) is 3.49. The first-order chi connectivity index (χ1) is 16.0. The molecule has 4 rings (SSSR count). The van der Waals surface area contributed by atoms with E-state index in [4.69, 9.17) is 0 Å². The highest BCUT2D eigenvalue weighted by Crippen LogP contribution is 2.19. The van der Waals surface area contributed by atoms with Crippen LogP contribution in [0.1, 0.15) is 37.5 Å². The van der Waals surface area contributed by atoms with Crippen molar-refractivity contribution in [2.45, 2.75) is 50.5 Å². The van der Waals surface area contributed by atoms with E-state index in [1.807, 2.05) is 0 Å². The van der Waals surface area contributed by atoms with Crippen LogP contribution in [-0.4, -0.2) is 113 Å². The first kappa shape index (κ1) is 25.8. The molecular weight excluding hydrogens is 523 g/mol. The number of halogens is 1. The van der Waals surface area contributed by atoms with Gasteiger partial charge in [-0.3, -0.25) is 24.5 Å². The van der Waals surface area contributed by atoms with Crippen LogP contribution < -0.4 is 5.32 Å². The lowest BCUT2D eigenvalue weighted by Gasteiger charge is -2.37. The molecule has 3 fully saturated rings. The molecule has 0 radical (unpaired) electrons. The van der Waals surface area contributed by atoms with Gasteiger partial charge in [0.1, 0.15) is 0 Å². The van der Waals surface area contributed by atoms with Gasteiger partial charge in [0, 0.05) is 104 Å². The van der Waals surface area contributed by atoms with Gasteiger partial charge < -0.3 is 5.32 Å². The van der Waals surface area contributed by atoms with Crippen LogP contribution in [-0.2, 0) is 19.6 Å². The summed E-state index contributed by atoms with van der Waals surface area (Å²) in [6.07, 6.45) is 0. The Balaban J connectivity index is 1.41. The standard InChI is InChI=1S/C26H45IN6/c1-22(2)32-12-8-30(9-13-32)20-25-16-24(19-29-6-4-28-5-7-29)17-26(18-25)21-31-10-14-33(15-11-31)23(3)27/h16-18,22-23,28H,4-15,19-21H2,1-3H3. The molecule has 0 aliphatic carbocycles. The second-order valence-corrected chi connectivity index (χ2v) is 12.3. The van der Waals surface area contributed by atoms with Crippen molar-refractivity contribution < 1.29 is 0 Å². The number of benzene rings is 1. The Morgan fingerprint density at radius 1 is 0.636 bits per heavy atom. The Morgan fingerprint density at radius 3 is 1.42 bits per heavy atom. The molecule has 1 atom stereocenters. The topological polar surface area (TPSA) is 28.2 Å². The Hall–Kier alpha value is -0.290. The van der Waals surface area contributed by atoms with Gasteiger partial charge in [0.2, 0.25) is 0 Å². The van der Waals surface area contributed by atoms with E-state index >= 15 is 0 Å². The summed E-state index contributed by atoms with van der Waals surface area (Å²) in [5.74, 6) is 0. The maximum atomic E-state index is 3.49. The number of hydrogen-bond acceptors (Lipinski definition) is 6. The Morgan fingerprint density at radius 2 is 1.03 bits per heavy atom. The number of nitrogens with one attached hydrogen (secondary N) is 1. The van der Waals surface area contributed by atoms with Crippen LogP contribution in [0.25, 0.3) is 0 Å². The number of piperazine rings is 3. The van der Waals surface area contributed by atoms with Gasteiger partial charge in [-0.1, -0.05) is 40.8 Å². The first-order valence-electron chi connectivity index (χ1n) is 13.1. The van der Waals surface area contributed by atoms with Crippen molar-refractivity contribution in [3.05, 3.63) is 34.9 Å². The minimum Gasteiger partial charge on any atom is -0.314 e. The average Bonchev–Trinajstić information content (AvgIpc) is 2.80. The Labute approximate surface area is 215 Å². The van der Waals surface area contributed by atoms with Gasteiger partial charge in [-0.05, 0) is 37.5 Å². The largest absolute Gasteiger partial charge is 0.314 e. The molecule has 3 heterocycles. The predicted octanol–water partition coefficient (Wildman–Crippen LogP) is 2.52. The smallest absolute Gasteiger partial charge is 0.0590 e. The zero-order chi connectivity index (χ0) is 23.2. The van der Waals surface area contributed by atoms with Crippen molar-refractivity contribution in [1.29, 1.82) is 0 Å². The fourth-order valence-corrected chi connectivity index (χ4v) is 6.03. The fraction of sp³-hybridized carbons (Fsp3) is 0.769. The van der Waals surface area contributed by atoms with E-state index in [-0.39, 0.29) is 0 Å². The summed E-state index contributed by atoms with van der Waals surface area (Å²) in [7, 11) is 0. The maximum Gasteiger partial charge on any atom is 0.0590 e. The van der Waals surface area contributed by atoms with Crippen molar-refractivity contribution >= 4 is 22.6 Å². The molecule has 3 saturated heterocycles. The van der Waals surface area contributed by atoms with Crippen molar-refractivity contribution in [1.82, 2.24) is 29.8 Å². The van der Waals surface area contributed by atoms with Crippen LogP contribution >= 0.6 is 22.6 Å². The van der Waals surface area contributed by atoms with Gasteiger partial charge in [0.25, 0.3) is 0 Å². The molecule has 0 aromatic heterocycles. The van der Waals surface area contributed by atoms with Gasteiger partial charge in [-0.15, -0.1) is 0 Å². The van der Waals surface area contributed by atoms with E-state index < -0.39 is 0 Å². The van der Waals surface area contributed by atoms with E-state index in [0.717, 1.165) is 45.8 Å². The molecule has 0 spiro atoms. The van der Waals surface area contributed by atoms with Crippen molar-refractivity contribution in [2.24, 2.45) is 0 Å². The van der Waals surface area contributed by atoms with Crippen molar-refractivity contribution in [2.75, 3.05) is 78.5 Å². The molecule has 6 nitrogen and oxygen atoms in total. The quantitative estimate of drug-likeness (QED) is 0.295. The van der Waals surface area contributed by atoms with E-state index in [0.29, 0.717) is 10.1 Å². The molecule has 1 N–H and O–H groups in total. The molecule has 3 aliphatic rings. The van der Waals surface area contributed by atoms with Crippen LogP contribution in [0.4, 0.5) is 0 Å². The van der Waals surface area contributed by atoms with Gasteiger partial charge in [-0.25, -0.2) is 0 Å². The minimum atomic E-state index is 0.634. The third-order valence-corrected chi connectivity index (χ3v) is 8.38. The third-order valence-electron chi connectivity index (χ3n) is 7.59. The Bertz CT molecular complexity index is 671. The van der Waals surface area contributed by atoms with Crippen LogP contribution in [0.15, 0.2) is 18.2 Å². The second-order valence-electron chi connectivity index (χ2n) is 10.5. The van der Waals surface area contributed by atoms with E-state index in [2.05, 4.69) is 91.4 Å². The lowest BCUT2D eigenvalue weighted by atomic mass is 10.0. The van der Waals surface area contributed by atoms with Gasteiger partial charge in [0.15, 0.2) is 0 Å². The van der Waals surface area contributed by atoms with Crippen LogP contribution in [0.3, 0.4) is 0 Å². The van der Waals surface area contributed by atoms with Gasteiger partial charge in [0.05, 0.1) is 4.05 Å². The van der Waals surface area contributed by atoms with Crippen molar-refractivity contribution in [3.63, 3.8) is 0 Å². The summed E-state index contributed by atoms with van der Waals surface area (Å²) in [6.45, 7) is 24.3. The molecule has 7 heteroatoms. The summed E-state index contributed by atoms with van der Waals surface area (Å²) in [5.41, 5.74) is 4.52. The SMILES string of the molecule is CC(C)N1CCN(Cc2cc(CN3CCNCC3)cc(CN3CCN(C(C)I)CC3)c2)CC1. The molecule has 0 amide bonds. The molecule has 1 aromatic carbocycles. The molecule has 1 unspecified atom stereocenters. The monoisotopic (exact) mass is 568 g/mol. The number of rotatable bonds is 8. The van der Waals surface area contributed by atoms with Gasteiger partial charge in [-0.2, -0.15) is 0 Å². The summed E-state index contributed by atoms with van der Waals surface area (Å²) in [6, 6.07) is 8.16. The molecule has 33 heavy (non-hydrogen) atoms. The molecule has 0 saturated carbocycles. The first-order valence-corrected chi connectivity index (χ1v) is 14.3. The van der Waals surface area contributed by atoms with Crippen LogP contribution in [0, 0.1) is 0 Å². The summed E-state index contributed by atoms with van der Waals surface area (Å²) >= 11 is 2.55. The normalized spacial score (nSPS) is 23.9. The van der Waals surface area contributed by atoms with E-state index in [1.54, 1.807) is 0 Å². The van der Waals surface area contributed by atoms with Crippen LogP contribution in [0.2, 0.25) is 0 Å². The minimum absolute atomic E-state index is 0.634. The molecule has 3 aliphatic heterocycles. The second kappa shape index (κ2) is 12.6. The number of alkyl halides is 1. The summed E-state index contributed by atoms with van der Waals surface area (Å²) < 4.78 is 0.634. The zero-order valence-electron chi connectivity index (χ0n) is 21.1. The van der Waals surface area contributed by atoms with Gasteiger partial charge >= 0.3 is 0 Å². The summed E-state index contributed by atoms with van der Waals surface area (Å²) in [4.78, 5) is 13.1. The third kappa shape index (κ3) is 7.85. The van der Waals surface area contributed by atoms with Crippen molar-refractivity contribution in [3.8, 4) is 0 Å². The number of hydrogen-bond donors (Lipinski definition) is 1. The predicted molar refractivity (Wildman–Crippen MR) is 147 cm³/mol. The average molecular weight is 569 g/mol. The molecular formula is C26H45IN6. The molecule has 0 bridgehead atoms. The highest BCUT2D eigenvalue weighted by atomic mass is 127. The highest BCUT2D eigenvalue weighted by molar-refractivity contribution is 14.1. The maximum absolute atomic E-state index is 3.49. The molecule has 1 aromatic rings. The Kier molecular flexibility index (Phi) is 9.85. The fourth-order valence-electron chi connectivity index (χ4n) is 5.47.